The molecule has 5 rings (SSSR count). The normalized spacial score (nSPS) is 28.3. The van der Waals surface area contributed by atoms with E-state index in [0.29, 0.717) is 31.2 Å². The molecule has 33 heavy (non-hydrogen) atoms. The smallest absolute Gasteiger partial charge is 0.271 e. The van der Waals surface area contributed by atoms with E-state index >= 15 is 0 Å². The number of likely N-dealkylation sites (tertiary alicyclic amines) is 1. The Kier molecular flexibility index (Phi) is 5.02. The predicted molar refractivity (Wildman–Crippen MR) is 118 cm³/mol. The van der Waals surface area contributed by atoms with Crippen LogP contribution in [0.15, 0.2) is 24.3 Å². The molecule has 0 radical (unpaired) electrons. The first-order valence-corrected chi connectivity index (χ1v) is 11.3. The number of hydrogen-bond donors (Lipinski definition) is 3. The van der Waals surface area contributed by atoms with Crippen LogP contribution in [0.2, 0.25) is 0 Å². The lowest BCUT2D eigenvalue weighted by Crippen LogP contribution is -2.52. The number of carbonyl (C=O) groups excluding carboxylic acids is 4. The quantitative estimate of drug-likeness (QED) is 0.576. The topological polar surface area (TPSA) is 111 Å². The second-order valence-corrected chi connectivity index (χ2v) is 10.0. The fourth-order valence-electron chi connectivity index (χ4n) is 5.78. The number of fused-ring (bicyclic) bond motifs is 2. The zero-order valence-corrected chi connectivity index (χ0v) is 18.6. The van der Waals surface area contributed by atoms with Crippen LogP contribution in [0.5, 0.6) is 0 Å². The summed E-state index contributed by atoms with van der Waals surface area (Å²) in [7, 11) is 0. The second-order valence-electron chi connectivity index (χ2n) is 10.0. The molecule has 0 spiro atoms. The number of piperidine rings is 1. The van der Waals surface area contributed by atoms with Crippen molar-refractivity contribution in [3.05, 3.63) is 35.8 Å². The average molecular weight is 455 g/mol. The van der Waals surface area contributed by atoms with Gasteiger partial charge in [0.15, 0.2) is 0 Å². The SMILES string of the molecule is CC1(C)[C@@H]2[C@@H](C(=O)N[C@H](C=O)C[C@@H]3CCNC3=O)N(C(=O)c3cc4cccc(F)c4[nH]3)C[C@@H]21. The van der Waals surface area contributed by atoms with E-state index in [1.54, 1.807) is 18.2 Å². The first-order valence-electron chi connectivity index (χ1n) is 11.3. The third-order valence-electron chi connectivity index (χ3n) is 7.77. The summed E-state index contributed by atoms with van der Waals surface area (Å²) in [6.45, 7) is 5.13. The van der Waals surface area contributed by atoms with Gasteiger partial charge in [0, 0.05) is 24.4 Å². The molecule has 3 heterocycles. The van der Waals surface area contributed by atoms with E-state index in [1.807, 2.05) is 0 Å². The number of nitrogens with one attached hydrogen (secondary N) is 3. The fraction of sp³-hybridized carbons (Fsp3) is 0.500. The van der Waals surface area contributed by atoms with Crippen molar-refractivity contribution in [2.24, 2.45) is 23.2 Å². The van der Waals surface area contributed by atoms with Gasteiger partial charge in [-0.1, -0.05) is 26.0 Å². The molecular formula is C24H27FN4O4. The van der Waals surface area contributed by atoms with Crippen LogP contribution in [0.25, 0.3) is 10.9 Å². The van der Waals surface area contributed by atoms with Crippen LogP contribution in [-0.4, -0.2) is 59.1 Å². The molecule has 1 aliphatic carbocycles. The van der Waals surface area contributed by atoms with E-state index < -0.39 is 17.9 Å². The molecule has 0 unspecified atom stereocenters. The molecule has 0 bridgehead atoms. The molecule has 1 aromatic heterocycles. The average Bonchev–Trinajstić information content (AvgIpc) is 3.30. The monoisotopic (exact) mass is 454 g/mol. The van der Waals surface area contributed by atoms with Gasteiger partial charge in [-0.15, -0.1) is 0 Å². The van der Waals surface area contributed by atoms with Gasteiger partial charge in [0.25, 0.3) is 5.91 Å². The summed E-state index contributed by atoms with van der Waals surface area (Å²) < 4.78 is 14.1. The molecule has 1 aromatic carbocycles. The van der Waals surface area contributed by atoms with Crippen molar-refractivity contribution in [2.45, 2.75) is 38.8 Å². The van der Waals surface area contributed by atoms with Gasteiger partial charge in [-0.3, -0.25) is 14.4 Å². The molecule has 174 valence electrons. The van der Waals surface area contributed by atoms with E-state index in [4.69, 9.17) is 0 Å². The van der Waals surface area contributed by atoms with Gasteiger partial charge in [-0.05, 0) is 42.2 Å². The summed E-state index contributed by atoms with van der Waals surface area (Å²) >= 11 is 0. The van der Waals surface area contributed by atoms with Gasteiger partial charge in [0.1, 0.15) is 23.8 Å². The first-order chi connectivity index (χ1) is 15.7. The van der Waals surface area contributed by atoms with E-state index in [2.05, 4.69) is 29.5 Å². The highest BCUT2D eigenvalue weighted by Gasteiger charge is 2.69. The van der Waals surface area contributed by atoms with Crippen LogP contribution in [0.3, 0.4) is 0 Å². The minimum atomic E-state index is -0.800. The van der Waals surface area contributed by atoms with Crippen molar-refractivity contribution in [3.8, 4) is 0 Å². The van der Waals surface area contributed by atoms with Crippen LogP contribution < -0.4 is 10.6 Å². The highest BCUT2D eigenvalue weighted by atomic mass is 19.1. The third kappa shape index (κ3) is 3.50. The van der Waals surface area contributed by atoms with Crippen LogP contribution in [-0.2, 0) is 14.4 Å². The molecule has 8 nitrogen and oxygen atoms in total. The summed E-state index contributed by atoms with van der Waals surface area (Å²) in [5, 5.41) is 6.09. The minimum absolute atomic E-state index is 0.0235. The van der Waals surface area contributed by atoms with Gasteiger partial charge in [0.05, 0.1) is 11.6 Å². The molecule has 2 aromatic rings. The van der Waals surface area contributed by atoms with Crippen LogP contribution >= 0.6 is 0 Å². The zero-order valence-electron chi connectivity index (χ0n) is 18.6. The number of carbonyl (C=O) groups is 4. The summed E-state index contributed by atoms with van der Waals surface area (Å²) in [4.78, 5) is 54.6. The number of nitrogens with zero attached hydrogens (tertiary/aromatic N) is 1. The van der Waals surface area contributed by atoms with Crippen molar-refractivity contribution in [1.82, 2.24) is 20.5 Å². The predicted octanol–water partition coefficient (Wildman–Crippen LogP) is 1.61. The van der Waals surface area contributed by atoms with Crippen molar-refractivity contribution < 1.29 is 23.6 Å². The number of halogens is 1. The van der Waals surface area contributed by atoms with Crippen LogP contribution in [0.4, 0.5) is 4.39 Å². The zero-order chi connectivity index (χ0) is 23.5. The molecule has 3 N–H and O–H groups in total. The Morgan fingerprint density at radius 2 is 2.15 bits per heavy atom. The third-order valence-corrected chi connectivity index (χ3v) is 7.77. The van der Waals surface area contributed by atoms with Crippen molar-refractivity contribution >= 4 is 34.9 Å². The molecule has 9 heteroatoms. The number of para-hydroxylation sites is 1. The highest BCUT2D eigenvalue weighted by molar-refractivity contribution is 6.01. The Morgan fingerprint density at radius 3 is 2.82 bits per heavy atom. The minimum Gasteiger partial charge on any atom is -0.356 e. The largest absolute Gasteiger partial charge is 0.356 e. The Morgan fingerprint density at radius 1 is 1.36 bits per heavy atom. The maximum absolute atomic E-state index is 14.1. The molecule has 1 saturated carbocycles. The summed E-state index contributed by atoms with van der Waals surface area (Å²) in [5.41, 5.74) is 0.386. The lowest BCUT2D eigenvalue weighted by molar-refractivity contribution is -0.129. The Labute approximate surface area is 190 Å². The summed E-state index contributed by atoms with van der Waals surface area (Å²) in [6, 6.07) is 4.68. The van der Waals surface area contributed by atoms with E-state index in [0.717, 1.165) is 0 Å². The Hall–Kier alpha value is -3.23. The van der Waals surface area contributed by atoms with Gasteiger partial charge in [-0.25, -0.2) is 4.39 Å². The molecule has 3 aliphatic rings. The van der Waals surface area contributed by atoms with Crippen LogP contribution in [0, 0.1) is 29.0 Å². The Bertz CT molecular complexity index is 1160. The van der Waals surface area contributed by atoms with Gasteiger partial charge in [0.2, 0.25) is 11.8 Å². The lowest BCUT2D eigenvalue weighted by atomic mass is 9.97. The summed E-state index contributed by atoms with van der Waals surface area (Å²) in [5.74, 6) is -1.48. The van der Waals surface area contributed by atoms with Gasteiger partial charge >= 0.3 is 0 Å². The van der Waals surface area contributed by atoms with E-state index in [1.165, 1.54) is 11.0 Å². The van der Waals surface area contributed by atoms with Crippen molar-refractivity contribution in [1.29, 1.82) is 0 Å². The van der Waals surface area contributed by atoms with E-state index in [-0.39, 0.29) is 58.5 Å². The van der Waals surface area contributed by atoms with Crippen molar-refractivity contribution in [3.63, 3.8) is 0 Å². The molecule has 2 aliphatic heterocycles. The number of benzene rings is 1. The van der Waals surface area contributed by atoms with Gasteiger partial charge < -0.3 is 25.3 Å². The molecule has 3 amide bonds. The summed E-state index contributed by atoms with van der Waals surface area (Å²) in [6.07, 6.45) is 1.52. The molecular weight excluding hydrogens is 427 g/mol. The number of amides is 3. The molecule has 3 fully saturated rings. The molecule has 2 saturated heterocycles. The highest BCUT2D eigenvalue weighted by Crippen LogP contribution is 2.65. The van der Waals surface area contributed by atoms with Crippen molar-refractivity contribution in [2.75, 3.05) is 13.1 Å². The maximum Gasteiger partial charge on any atom is 0.271 e. The number of H-pyrrole nitrogens is 1. The maximum atomic E-state index is 14.1. The number of aromatic nitrogens is 1. The lowest BCUT2D eigenvalue weighted by Gasteiger charge is -2.30. The fourth-order valence-corrected chi connectivity index (χ4v) is 5.78. The number of rotatable bonds is 6. The van der Waals surface area contributed by atoms with Gasteiger partial charge in [-0.2, -0.15) is 0 Å². The second kappa shape index (κ2) is 7.67. The van der Waals surface area contributed by atoms with E-state index in [9.17, 15) is 23.6 Å². The number of hydrogen-bond acceptors (Lipinski definition) is 4. The van der Waals surface area contributed by atoms with Crippen LogP contribution in [0.1, 0.15) is 37.2 Å². The standard InChI is InChI=1S/C24H27FN4O4/c1-24(2)15-10-29(23(33)17-9-12-4-3-5-16(25)19(12)28-17)20(18(15)24)22(32)27-14(11-30)8-13-6-7-26-21(13)31/h3-5,9,11,13-15,18,20,28H,6-8,10H2,1-2H3,(H,26,31)(H,27,32)/t13-,14-,15-,18-,20-/m0/s1. The first kappa shape index (κ1) is 21.6. The Balaban J connectivity index is 1.37. The molecule has 5 atom stereocenters. The number of aromatic amines is 1. The number of aldehydes is 1.